The third kappa shape index (κ3) is 4.08. The van der Waals surface area contributed by atoms with Crippen LogP contribution in [0.1, 0.15) is 16.1 Å². The van der Waals surface area contributed by atoms with Crippen LogP contribution in [0, 0.1) is 5.82 Å². The van der Waals surface area contributed by atoms with Crippen molar-refractivity contribution in [1.82, 2.24) is 4.90 Å². The average Bonchev–Trinajstić information content (AvgIpc) is 2.96. The first-order valence-corrected chi connectivity index (χ1v) is 6.82. The number of halogens is 1. The normalized spacial score (nSPS) is 10.7. The van der Waals surface area contributed by atoms with Gasteiger partial charge in [-0.15, -0.1) is 0 Å². The number of para-hydroxylation sites is 1. The van der Waals surface area contributed by atoms with E-state index in [4.69, 9.17) is 9.15 Å². The Morgan fingerprint density at radius 3 is 2.82 bits per heavy atom. The summed E-state index contributed by atoms with van der Waals surface area (Å²) >= 11 is 0. The molecular weight excluding hydrogens is 289 g/mol. The first-order chi connectivity index (χ1) is 10.6. The lowest BCUT2D eigenvalue weighted by Crippen LogP contribution is -2.24. The van der Waals surface area contributed by atoms with Crippen LogP contribution in [0.25, 0.3) is 0 Å². The summed E-state index contributed by atoms with van der Waals surface area (Å²) in [5, 5.41) is 0. The molecule has 6 heteroatoms. The van der Waals surface area contributed by atoms with E-state index < -0.39 is 5.97 Å². The minimum absolute atomic E-state index is 0.226. The molecule has 0 aliphatic heterocycles. The number of nitrogens with zero attached hydrogens (tertiary/aromatic N) is 1. The Bertz CT molecular complexity index is 626. The number of likely N-dealkylation sites (N-methyl/N-ethyl adjacent to an activating group) is 1. The van der Waals surface area contributed by atoms with Gasteiger partial charge in [0.2, 0.25) is 0 Å². The highest BCUT2D eigenvalue weighted by Crippen LogP contribution is 2.16. The Balaban J connectivity index is 1.84. The standard InChI is InChI=1S/C16H18FNO4/c1-18(8-10-22-14-6-4-3-5-13(14)17)11-15-12(7-9-21-15)16(19)20-2/h3-7,9H,8,10-11H2,1-2H3. The van der Waals surface area contributed by atoms with Crippen LogP contribution < -0.4 is 4.74 Å². The van der Waals surface area contributed by atoms with E-state index >= 15 is 0 Å². The van der Waals surface area contributed by atoms with Crippen LogP contribution >= 0.6 is 0 Å². The minimum atomic E-state index is -0.431. The van der Waals surface area contributed by atoms with Gasteiger partial charge in [0, 0.05) is 6.54 Å². The summed E-state index contributed by atoms with van der Waals surface area (Å²) in [5.41, 5.74) is 0.407. The number of benzene rings is 1. The second kappa shape index (κ2) is 7.61. The number of rotatable bonds is 7. The van der Waals surface area contributed by atoms with Crippen molar-refractivity contribution in [2.24, 2.45) is 0 Å². The van der Waals surface area contributed by atoms with Gasteiger partial charge in [0.1, 0.15) is 17.9 Å². The molecule has 0 atom stereocenters. The second-order valence-corrected chi connectivity index (χ2v) is 4.77. The quantitative estimate of drug-likeness (QED) is 0.736. The summed E-state index contributed by atoms with van der Waals surface area (Å²) in [6, 6.07) is 7.83. The average molecular weight is 307 g/mol. The summed E-state index contributed by atoms with van der Waals surface area (Å²) in [5.74, 6) is -0.0617. The predicted octanol–water partition coefficient (Wildman–Crippen LogP) is 2.72. The van der Waals surface area contributed by atoms with Gasteiger partial charge in [0.15, 0.2) is 11.6 Å². The van der Waals surface area contributed by atoms with E-state index in [0.717, 1.165) is 0 Å². The molecule has 22 heavy (non-hydrogen) atoms. The minimum Gasteiger partial charge on any atom is -0.489 e. The highest BCUT2D eigenvalue weighted by atomic mass is 19.1. The Kier molecular flexibility index (Phi) is 5.55. The van der Waals surface area contributed by atoms with Gasteiger partial charge in [-0.25, -0.2) is 9.18 Å². The SMILES string of the molecule is COC(=O)c1ccoc1CN(C)CCOc1ccccc1F. The predicted molar refractivity (Wildman–Crippen MR) is 78.3 cm³/mol. The van der Waals surface area contributed by atoms with Gasteiger partial charge >= 0.3 is 5.97 Å². The zero-order chi connectivity index (χ0) is 15.9. The van der Waals surface area contributed by atoms with Crippen molar-refractivity contribution < 1.29 is 23.1 Å². The van der Waals surface area contributed by atoms with Gasteiger partial charge in [-0.1, -0.05) is 12.1 Å². The summed E-state index contributed by atoms with van der Waals surface area (Å²) in [6.07, 6.45) is 1.45. The fraction of sp³-hybridized carbons (Fsp3) is 0.312. The van der Waals surface area contributed by atoms with Gasteiger partial charge in [-0.2, -0.15) is 0 Å². The van der Waals surface area contributed by atoms with Gasteiger partial charge in [0.25, 0.3) is 0 Å². The van der Waals surface area contributed by atoms with Crippen molar-refractivity contribution >= 4 is 5.97 Å². The Morgan fingerprint density at radius 2 is 2.09 bits per heavy atom. The molecule has 0 saturated carbocycles. The largest absolute Gasteiger partial charge is 0.489 e. The number of methoxy groups -OCH3 is 1. The van der Waals surface area contributed by atoms with Gasteiger partial charge in [-0.3, -0.25) is 4.90 Å². The molecule has 1 aromatic carbocycles. The lowest BCUT2D eigenvalue weighted by atomic mass is 10.2. The van der Waals surface area contributed by atoms with Crippen LogP contribution in [-0.4, -0.2) is 38.2 Å². The third-order valence-corrected chi connectivity index (χ3v) is 3.13. The monoisotopic (exact) mass is 307 g/mol. The van der Waals surface area contributed by atoms with Gasteiger partial charge in [0.05, 0.1) is 19.9 Å². The number of hydrogen-bond acceptors (Lipinski definition) is 5. The van der Waals surface area contributed by atoms with Gasteiger partial charge < -0.3 is 13.9 Å². The Labute approximate surface area is 128 Å². The van der Waals surface area contributed by atoms with Crippen molar-refractivity contribution in [2.45, 2.75) is 6.54 Å². The Morgan fingerprint density at radius 1 is 1.32 bits per heavy atom. The third-order valence-electron chi connectivity index (χ3n) is 3.13. The van der Waals surface area contributed by atoms with E-state index in [1.807, 2.05) is 11.9 Å². The van der Waals surface area contributed by atoms with Gasteiger partial charge in [-0.05, 0) is 25.2 Å². The summed E-state index contributed by atoms with van der Waals surface area (Å²) < 4.78 is 28.8. The maximum absolute atomic E-state index is 13.4. The molecule has 0 spiro atoms. The fourth-order valence-corrected chi connectivity index (χ4v) is 1.95. The number of ether oxygens (including phenoxy) is 2. The molecule has 1 aromatic heterocycles. The van der Waals surface area contributed by atoms with E-state index in [2.05, 4.69) is 4.74 Å². The van der Waals surface area contributed by atoms with E-state index in [-0.39, 0.29) is 11.6 Å². The first kappa shape index (κ1) is 16.0. The summed E-state index contributed by atoms with van der Waals surface area (Å²) in [6.45, 7) is 1.30. The molecule has 2 aromatic rings. The van der Waals surface area contributed by atoms with Crippen LogP contribution in [0.3, 0.4) is 0 Å². The molecule has 0 N–H and O–H groups in total. The molecule has 118 valence electrons. The topological polar surface area (TPSA) is 51.9 Å². The van der Waals surface area contributed by atoms with Crippen molar-refractivity contribution in [3.63, 3.8) is 0 Å². The number of esters is 1. The highest BCUT2D eigenvalue weighted by molar-refractivity contribution is 5.90. The molecular formula is C16H18FNO4. The molecule has 0 aliphatic carbocycles. The van der Waals surface area contributed by atoms with Crippen LogP contribution in [0.15, 0.2) is 41.0 Å². The van der Waals surface area contributed by atoms with Crippen molar-refractivity contribution in [3.05, 3.63) is 53.7 Å². The van der Waals surface area contributed by atoms with E-state index in [1.165, 1.54) is 19.4 Å². The lowest BCUT2D eigenvalue weighted by Gasteiger charge is -2.16. The van der Waals surface area contributed by atoms with E-state index in [1.54, 1.807) is 24.3 Å². The van der Waals surface area contributed by atoms with Crippen molar-refractivity contribution in [3.8, 4) is 5.75 Å². The van der Waals surface area contributed by atoms with Crippen molar-refractivity contribution in [1.29, 1.82) is 0 Å². The summed E-state index contributed by atoms with van der Waals surface area (Å²) in [4.78, 5) is 13.5. The zero-order valence-corrected chi connectivity index (χ0v) is 12.5. The highest BCUT2D eigenvalue weighted by Gasteiger charge is 2.16. The number of hydrogen-bond donors (Lipinski definition) is 0. The molecule has 0 radical (unpaired) electrons. The van der Waals surface area contributed by atoms with E-state index in [9.17, 15) is 9.18 Å². The Hall–Kier alpha value is -2.34. The van der Waals surface area contributed by atoms with Crippen molar-refractivity contribution in [2.75, 3.05) is 27.3 Å². The van der Waals surface area contributed by atoms with Crippen LogP contribution in [0.5, 0.6) is 5.75 Å². The van der Waals surface area contributed by atoms with E-state index in [0.29, 0.717) is 31.0 Å². The summed E-state index contributed by atoms with van der Waals surface area (Å²) in [7, 11) is 3.18. The molecule has 1 heterocycles. The lowest BCUT2D eigenvalue weighted by molar-refractivity contribution is 0.0596. The van der Waals surface area contributed by atoms with Crippen LogP contribution in [0.2, 0.25) is 0 Å². The number of furan rings is 1. The first-order valence-electron chi connectivity index (χ1n) is 6.82. The second-order valence-electron chi connectivity index (χ2n) is 4.77. The number of carbonyl (C=O) groups excluding carboxylic acids is 1. The molecule has 5 nitrogen and oxygen atoms in total. The molecule has 0 bridgehead atoms. The fourth-order valence-electron chi connectivity index (χ4n) is 1.95. The van der Waals surface area contributed by atoms with Crippen LogP contribution in [-0.2, 0) is 11.3 Å². The molecule has 0 amide bonds. The van der Waals surface area contributed by atoms with Crippen LogP contribution in [0.4, 0.5) is 4.39 Å². The molecule has 0 fully saturated rings. The maximum Gasteiger partial charge on any atom is 0.341 e. The zero-order valence-electron chi connectivity index (χ0n) is 12.5. The number of carbonyl (C=O) groups is 1. The smallest absolute Gasteiger partial charge is 0.341 e. The maximum atomic E-state index is 13.4. The molecule has 2 rings (SSSR count). The molecule has 0 unspecified atom stereocenters. The molecule has 0 aliphatic rings. The molecule has 0 saturated heterocycles.